The fourth-order valence-electron chi connectivity index (χ4n) is 2.66. The molecule has 0 fully saturated rings. The first kappa shape index (κ1) is 14.2. The second-order valence-corrected chi connectivity index (χ2v) is 5.31. The fraction of sp³-hybridized carbons (Fsp3) is 0.250. The lowest BCUT2D eigenvalue weighted by Gasteiger charge is -2.06. The number of nitrogens with zero attached hydrogens (tertiary/aromatic N) is 3. The summed E-state index contributed by atoms with van der Waals surface area (Å²) in [6, 6.07) is 4.69. The molecule has 0 atom stereocenters. The van der Waals surface area contributed by atoms with Crippen molar-refractivity contribution in [2.75, 3.05) is 0 Å². The molecule has 0 saturated carbocycles. The van der Waals surface area contributed by atoms with Crippen molar-refractivity contribution in [3.63, 3.8) is 0 Å². The maximum Gasteiger partial charge on any atom is 0.335 e. The molecule has 1 heterocycles. The summed E-state index contributed by atoms with van der Waals surface area (Å²) >= 11 is 0. The number of hydrogen-bond acceptors (Lipinski definition) is 4. The molecule has 0 bridgehead atoms. The monoisotopic (exact) mass is 297 g/mol. The van der Waals surface area contributed by atoms with E-state index >= 15 is 0 Å². The lowest BCUT2D eigenvalue weighted by molar-refractivity contribution is 0.0696. The number of carbonyl (C=O) groups is 2. The van der Waals surface area contributed by atoms with Crippen molar-refractivity contribution in [3.8, 4) is 0 Å². The van der Waals surface area contributed by atoms with Crippen molar-refractivity contribution in [3.05, 3.63) is 52.4 Å². The third kappa shape index (κ3) is 2.55. The average Bonchev–Trinajstić information content (AvgIpc) is 2.83. The number of fused-ring (bicyclic) bond motifs is 1. The van der Waals surface area contributed by atoms with Crippen LogP contribution in [-0.2, 0) is 13.5 Å². The predicted molar refractivity (Wildman–Crippen MR) is 79.6 cm³/mol. The van der Waals surface area contributed by atoms with Gasteiger partial charge in [0, 0.05) is 18.2 Å². The Morgan fingerprint density at radius 3 is 2.86 bits per heavy atom. The quantitative estimate of drug-likeness (QED) is 0.678. The fourth-order valence-corrected chi connectivity index (χ4v) is 2.66. The molecule has 2 aromatic rings. The van der Waals surface area contributed by atoms with E-state index in [9.17, 15) is 9.59 Å². The minimum atomic E-state index is -0.976. The van der Waals surface area contributed by atoms with Crippen LogP contribution in [0.4, 0.5) is 0 Å². The number of carbonyl (C=O) groups excluding carboxylic acids is 1. The molecule has 1 aromatic heterocycles. The Kier molecular flexibility index (Phi) is 3.58. The molecular formula is C16H15N3O3. The molecule has 1 aliphatic rings. The Morgan fingerprint density at radius 2 is 2.18 bits per heavy atom. The van der Waals surface area contributed by atoms with Crippen molar-refractivity contribution in [2.24, 2.45) is 7.05 Å². The summed E-state index contributed by atoms with van der Waals surface area (Å²) < 4.78 is 1.61. The van der Waals surface area contributed by atoms with Gasteiger partial charge in [0.05, 0.1) is 17.5 Å². The predicted octanol–water partition coefficient (Wildman–Crippen LogP) is 2.12. The summed E-state index contributed by atoms with van der Waals surface area (Å²) in [6.07, 6.45) is 5.57. The topological polar surface area (TPSA) is 85.1 Å². The van der Waals surface area contributed by atoms with Gasteiger partial charge in [0.2, 0.25) is 0 Å². The second-order valence-electron chi connectivity index (χ2n) is 5.31. The molecule has 0 radical (unpaired) electrons. The lowest BCUT2D eigenvalue weighted by atomic mass is 9.97. The van der Waals surface area contributed by atoms with Crippen LogP contribution in [0, 0.1) is 0 Å². The second kappa shape index (κ2) is 5.55. The largest absolute Gasteiger partial charge is 0.478 e. The number of benzene rings is 1. The number of carboxylic acid groups (broad SMARTS) is 1. The summed E-state index contributed by atoms with van der Waals surface area (Å²) in [7, 11) is 1.77. The molecule has 1 aromatic carbocycles. The van der Waals surface area contributed by atoms with Crippen LogP contribution in [-0.4, -0.2) is 31.9 Å². The molecule has 6 heteroatoms. The Bertz CT molecular complexity index is 790. The van der Waals surface area contributed by atoms with Gasteiger partial charge in [-0.2, -0.15) is 0 Å². The SMILES string of the molecule is Cn1nncc1/C=C1\CCCc2cc(C(=O)O)ccc2C1=O. The number of aryl methyl sites for hydroxylation is 2. The highest BCUT2D eigenvalue weighted by atomic mass is 16.4. The Morgan fingerprint density at radius 1 is 1.36 bits per heavy atom. The van der Waals surface area contributed by atoms with Gasteiger partial charge in [-0.1, -0.05) is 5.21 Å². The highest BCUT2D eigenvalue weighted by molar-refractivity contribution is 6.12. The van der Waals surface area contributed by atoms with E-state index < -0.39 is 5.97 Å². The third-order valence-corrected chi connectivity index (χ3v) is 3.85. The normalized spacial score (nSPS) is 16.4. The molecule has 3 rings (SSSR count). The molecule has 112 valence electrons. The van der Waals surface area contributed by atoms with Gasteiger partial charge in [0.1, 0.15) is 0 Å². The van der Waals surface area contributed by atoms with Crippen LogP contribution in [0.15, 0.2) is 30.0 Å². The number of ketones is 1. The van der Waals surface area contributed by atoms with Crippen LogP contribution in [0.2, 0.25) is 0 Å². The van der Waals surface area contributed by atoms with E-state index in [4.69, 9.17) is 5.11 Å². The molecule has 1 aliphatic carbocycles. The number of carboxylic acids is 1. The van der Waals surface area contributed by atoms with E-state index in [2.05, 4.69) is 10.3 Å². The smallest absolute Gasteiger partial charge is 0.335 e. The first-order valence-corrected chi connectivity index (χ1v) is 7.02. The first-order chi connectivity index (χ1) is 10.6. The highest BCUT2D eigenvalue weighted by Gasteiger charge is 2.21. The van der Waals surface area contributed by atoms with E-state index in [1.165, 1.54) is 6.07 Å². The minimum absolute atomic E-state index is 0.0503. The van der Waals surface area contributed by atoms with Crippen LogP contribution in [0.1, 0.15) is 44.8 Å². The maximum atomic E-state index is 12.7. The van der Waals surface area contributed by atoms with Crippen LogP contribution in [0.25, 0.3) is 6.08 Å². The van der Waals surface area contributed by atoms with Crippen LogP contribution < -0.4 is 0 Å². The van der Waals surface area contributed by atoms with Gasteiger partial charge in [-0.05, 0) is 49.1 Å². The molecular weight excluding hydrogens is 282 g/mol. The summed E-state index contributed by atoms with van der Waals surface area (Å²) in [5.41, 5.74) is 3.08. The summed E-state index contributed by atoms with van der Waals surface area (Å²) in [5, 5.41) is 16.7. The maximum absolute atomic E-state index is 12.7. The number of Topliss-reactive ketones (excluding diaryl/α,β-unsaturated/α-hetero) is 1. The average molecular weight is 297 g/mol. The Labute approximate surface area is 127 Å². The lowest BCUT2D eigenvalue weighted by Crippen LogP contribution is -2.06. The van der Waals surface area contributed by atoms with E-state index in [1.807, 2.05) is 6.08 Å². The van der Waals surface area contributed by atoms with Gasteiger partial charge >= 0.3 is 5.97 Å². The molecule has 0 aliphatic heterocycles. The first-order valence-electron chi connectivity index (χ1n) is 7.02. The van der Waals surface area contributed by atoms with Crippen LogP contribution >= 0.6 is 0 Å². The molecule has 6 nitrogen and oxygen atoms in total. The molecule has 1 N–H and O–H groups in total. The zero-order valence-electron chi connectivity index (χ0n) is 12.1. The molecule has 0 spiro atoms. The summed E-state index contributed by atoms with van der Waals surface area (Å²) in [4.78, 5) is 23.7. The van der Waals surface area contributed by atoms with Gasteiger partial charge in [-0.3, -0.25) is 4.79 Å². The van der Waals surface area contributed by atoms with E-state index in [0.29, 0.717) is 24.0 Å². The van der Waals surface area contributed by atoms with Crippen LogP contribution in [0.3, 0.4) is 0 Å². The zero-order valence-corrected chi connectivity index (χ0v) is 12.1. The van der Waals surface area contributed by atoms with Gasteiger partial charge < -0.3 is 5.11 Å². The standard InChI is InChI=1S/C16H15N3O3/c1-19-13(9-17-18-19)8-11-4-2-3-10-7-12(16(21)22)5-6-14(10)15(11)20/h5-9H,2-4H2,1H3,(H,21,22)/b11-8+. The number of aromatic carboxylic acids is 1. The third-order valence-electron chi connectivity index (χ3n) is 3.85. The van der Waals surface area contributed by atoms with E-state index in [0.717, 1.165) is 17.7 Å². The van der Waals surface area contributed by atoms with Gasteiger partial charge in [-0.15, -0.1) is 5.10 Å². The zero-order chi connectivity index (χ0) is 15.7. The van der Waals surface area contributed by atoms with Crippen molar-refractivity contribution in [2.45, 2.75) is 19.3 Å². The van der Waals surface area contributed by atoms with Crippen molar-refractivity contribution < 1.29 is 14.7 Å². The summed E-state index contributed by atoms with van der Waals surface area (Å²) in [6.45, 7) is 0. The van der Waals surface area contributed by atoms with Gasteiger partial charge in [0.15, 0.2) is 5.78 Å². The number of aromatic nitrogens is 3. The Balaban J connectivity index is 2.02. The van der Waals surface area contributed by atoms with E-state index in [-0.39, 0.29) is 11.3 Å². The number of hydrogen-bond donors (Lipinski definition) is 1. The van der Waals surface area contributed by atoms with Crippen molar-refractivity contribution in [1.82, 2.24) is 15.0 Å². The van der Waals surface area contributed by atoms with Crippen molar-refractivity contribution in [1.29, 1.82) is 0 Å². The van der Waals surface area contributed by atoms with Gasteiger partial charge in [0.25, 0.3) is 0 Å². The van der Waals surface area contributed by atoms with Crippen molar-refractivity contribution >= 4 is 17.8 Å². The van der Waals surface area contributed by atoms with Crippen LogP contribution in [0.5, 0.6) is 0 Å². The summed E-state index contributed by atoms with van der Waals surface area (Å²) in [5.74, 6) is -1.03. The Hall–Kier alpha value is -2.76. The number of rotatable bonds is 2. The molecule has 22 heavy (non-hydrogen) atoms. The number of allylic oxidation sites excluding steroid dienone is 1. The molecule has 0 amide bonds. The minimum Gasteiger partial charge on any atom is -0.478 e. The highest BCUT2D eigenvalue weighted by Crippen LogP contribution is 2.26. The van der Waals surface area contributed by atoms with Gasteiger partial charge in [-0.25, -0.2) is 9.48 Å². The van der Waals surface area contributed by atoms with E-state index in [1.54, 1.807) is 30.1 Å². The molecule has 0 unspecified atom stereocenters. The molecule has 0 saturated heterocycles.